The van der Waals surface area contributed by atoms with E-state index in [1.165, 1.54) is 16.9 Å². The summed E-state index contributed by atoms with van der Waals surface area (Å²) >= 11 is 1.31. The van der Waals surface area contributed by atoms with Gasteiger partial charge in [0.1, 0.15) is 0 Å². The summed E-state index contributed by atoms with van der Waals surface area (Å²) in [4.78, 5) is 32.6. The number of aromatic nitrogens is 2. The zero-order chi connectivity index (χ0) is 31.2. The third-order valence-electron chi connectivity index (χ3n) is 8.22. The Labute approximate surface area is 263 Å². The van der Waals surface area contributed by atoms with Crippen molar-refractivity contribution < 1.29 is 19.0 Å². The highest BCUT2D eigenvalue weighted by Gasteiger charge is 2.34. The lowest BCUT2D eigenvalue weighted by Crippen LogP contribution is -2.39. The molecule has 1 atom stereocenters. The first kappa shape index (κ1) is 28.6. The Bertz CT molecular complexity index is 2170. The molecule has 0 saturated heterocycles. The van der Waals surface area contributed by atoms with E-state index in [1.54, 1.807) is 24.5 Å². The van der Waals surface area contributed by atoms with Gasteiger partial charge in [0.15, 0.2) is 16.3 Å². The lowest BCUT2D eigenvalue weighted by atomic mass is 9.95. The number of ether oxygens (including phenoxy) is 3. The number of carbonyl (C=O) groups excluding carboxylic acids is 1. The van der Waals surface area contributed by atoms with E-state index < -0.39 is 12.0 Å². The molecule has 2 aliphatic heterocycles. The van der Waals surface area contributed by atoms with Gasteiger partial charge in [-0.15, -0.1) is 0 Å². The number of aryl methyl sites for hydroxylation is 1. The third-order valence-corrected chi connectivity index (χ3v) is 9.20. The van der Waals surface area contributed by atoms with Crippen LogP contribution in [0.2, 0.25) is 0 Å². The summed E-state index contributed by atoms with van der Waals surface area (Å²) in [5.74, 6) is 0.684. The molecule has 1 unspecified atom stereocenters. The number of nitrogens with zero attached hydrogens (tertiary/aromatic N) is 3. The average Bonchev–Trinajstić information content (AvgIpc) is 3.72. The van der Waals surface area contributed by atoms with Crippen molar-refractivity contribution in [2.45, 2.75) is 33.7 Å². The largest absolute Gasteiger partial charge is 0.463 e. The average molecular weight is 618 g/mol. The van der Waals surface area contributed by atoms with Crippen LogP contribution in [0.4, 0.5) is 0 Å². The highest BCUT2D eigenvalue weighted by molar-refractivity contribution is 7.07. The predicted octanol–water partition coefficient (Wildman–Crippen LogP) is 5.60. The number of hydrogen-bond donors (Lipinski definition) is 0. The van der Waals surface area contributed by atoms with Gasteiger partial charge in [-0.05, 0) is 86.4 Å². The van der Waals surface area contributed by atoms with Crippen LogP contribution in [0, 0.1) is 13.8 Å². The molecule has 7 rings (SSSR count). The van der Waals surface area contributed by atoms with E-state index >= 15 is 0 Å². The van der Waals surface area contributed by atoms with Gasteiger partial charge in [0.25, 0.3) is 5.56 Å². The van der Waals surface area contributed by atoms with E-state index in [1.807, 2.05) is 36.4 Å². The molecule has 0 aliphatic carbocycles. The Morgan fingerprint density at radius 2 is 1.71 bits per heavy atom. The number of allylic oxidation sites excluding steroid dienone is 1. The molecule has 2 aromatic heterocycles. The summed E-state index contributed by atoms with van der Waals surface area (Å²) in [5, 5.41) is 0. The molecule has 45 heavy (non-hydrogen) atoms. The molecular weight excluding hydrogens is 586 g/mol. The highest BCUT2D eigenvalue weighted by atomic mass is 32.1. The summed E-state index contributed by atoms with van der Waals surface area (Å²) < 4.78 is 20.9. The van der Waals surface area contributed by atoms with E-state index in [0.717, 1.165) is 28.2 Å². The lowest BCUT2D eigenvalue weighted by Gasteiger charge is -2.24. The molecule has 4 heterocycles. The Morgan fingerprint density at radius 1 is 0.978 bits per heavy atom. The predicted molar refractivity (Wildman–Crippen MR) is 174 cm³/mol. The van der Waals surface area contributed by atoms with Crippen molar-refractivity contribution in [3.63, 3.8) is 0 Å². The normalized spacial score (nSPS) is 15.6. The number of hydrogen-bond acceptors (Lipinski definition) is 7. The Balaban J connectivity index is 1.32. The maximum absolute atomic E-state index is 14.2. The van der Waals surface area contributed by atoms with Crippen LogP contribution in [-0.4, -0.2) is 28.5 Å². The van der Waals surface area contributed by atoms with Gasteiger partial charge in [-0.25, -0.2) is 9.79 Å². The van der Waals surface area contributed by atoms with Crippen LogP contribution in [0.15, 0.2) is 99.9 Å². The fraction of sp³-hybridized carbons (Fsp3) is 0.194. The van der Waals surface area contributed by atoms with E-state index in [4.69, 9.17) is 19.2 Å². The molecule has 9 heteroatoms. The fourth-order valence-corrected chi connectivity index (χ4v) is 7.13. The van der Waals surface area contributed by atoms with Crippen molar-refractivity contribution in [3.8, 4) is 28.3 Å². The summed E-state index contributed by atoms with van der Waals surface area (Å²) in [6.45, 7) is 7.98. The van der Waals surface area contributed by atoms with Crippen LogP contribution in [0.3, 0.4) is 0 Å². The van der Waals surface area contributed by atoms with Gasteiger partial charge in [0.2, 0.25) is 6.79 Å². The van der Waals surface area contributed by atoms with Crippen LogP contribution in [0.1, 0.15) is 42.4 Å². The number of thiazole rings is 1. The second-order valence-corrected chi connectivity index (χ2v) is 12.0. The van der Waals surface area contributed by atoms with E-state index in [9.17, 15) is 9.59 Å². The molecule has 0 spiro atoms. The molecule has 5 aromatic rings. The molecule has 226 valence electrons. The van der Waals surface area contributed by atoms with Crippen molar-refractivity contribution in [1.82, 2.24) is 9.13 Å². The highest BCUT2D eigenvalue weighted by Crippen LogP contribution is 2.38. The monoisotopic (exact) mass is 617 g/mol. The van der Waals surface area contributed by atoms with Gasteiger partial charge in [-0.1, -0.05) is 59.9 Å². The maximum atomic E-state index is 14.2. The standard InChI is InChI=1S/C36H31N3O5S/c1-5-42-35(41)32-22(3)37-36-39(33(32)26-13-16-29-30(18-26)44-20-43-29)34(40)31(45-36)19-27-17-21(2)38(23(27)4)28-14-11-25(12-15-28)24-9-7-6-8-10-24/h6-19,33H,5,20H2,1-4H3. The van der Waals surface area contributed by atoms with Gasteiger partial charge in [0.05, 0.1) is 28.5 Å². The molecule has 0 saturated carbocycles. The first-order valence-electron chi connectivity index (χ1n) is 14.8. The summed E-state index contributed by atoms with van der Waals surface area (Å²) in [6, 6.07) is 25.6. The first-order chi connectivity index (χ1) is 21.8. The van der Waals surface area contributed by atoms with Crippen LogP contribution < -0.4 is 24.4 Å². The quantitative estimate of drug-likeness (QED) is 0.232. The van der Waals surface area contributed by atoms with E-state index in [-0.39, 0.29) is 19.0 Å². The zero-order valence-corrected chi connectivity index (χ0v) is 26.2. The summed E-state index contributed by atoms with van der Waals surface area (Å²) in [6.07, 6.45) is 1.92. The number of benzene rings is 3. The summed E-state index contributed by atoms with van der Waals surface area (Å²) in [5.41, 5.74) is 7.69. The number of fused-ring (bicyclic) bond motifs is 2. The minimum absolute atomic E-state index is 0.122. The van der Waals surface area contributed by atoms with Gasteiger partial charge in [0, 0.05) is 17.1 Å². The van der Waals surface area contributed by atoms with Crippen molar-refractivity contribution in [2.24, 2.45) is 4.99 Å². The Morgan fingerprint density at radius 3 is 2.47 bits per heavy atom. The molecule has 0 amide bonds. The van der Waals surface area contributed by atoms with Crippen LogP contribution in [0.25, 0.3) is 22.9 Å². The van der Waals surface area contributed by atoms with Crippen LogP contribution >= 0.6 is 11.3 Å². The molecule has 3 aromatic carbocycles. The van der Waals surface area contributed by atoms with Gasteiger partial charge in [-0.2, -0.15) is 0 Å². The fourth-order valence-electron chi connectivity index (χ4n) is 6.10. The van der Waals surface area contributed by atoms with Crippen LogP contribution in [-0.2, 0) is 9.53 Å². The van der Waals surface area contributed by atoms with E-state index in [0.29, 0.717) is 37.7 Å². The number of rotatable bonds is 6. The maximum Gasteiger partial charge on any atom is 0.338 e. The van der Waals surface area contributed by atoms with Crippen LogP contribution in [0.5, 0.6) is 11.5 Å². The molecule has 2 aliphatic rings. The van der Waals surface area contributed by atoms with E-state index in [2.05, 4.69) is 60.9 Å². The SMILES string of the molecule is CCOC(=O)C1=C(C)N=c2sc(=Cc3cc(C)n(-c4ccc(-c5ccccc5)cc4)c3C)c(=O)n2C1c1ccc2c(c1)OCO2. The first-order valence-corrected chi connectivity index (χ1v) is 15.6. The second-order valence-electron chi connectivity index (χ2n) is 11.0. The molecule has 0 fully saturated rings. The third kappa shape index (κ3) is 4.99. The molecule has 0 radical (unpaired) electrons. The van der Waals surface area contributed by atoms with Crippen molar-refractivity contribution in [2.75, 3.05) is 13.4 Å². The number of carbonyl (C=O) groups is 1. The van der Waals surface area contributed by atoms with Crippen molar-refractivity contribution in [3.05, 3.63) is 132 Å². The number of esters is 1. The second kappa shape index (κ2) is 11.4. The topological polar surface area (TPSA) is 84.1 Å². The van der Waals surface area contributed by atoms with Gasteiger partial charge in [-0.3, -0.25) is 9.36 Å². The zero-order valence-electron chi connectivity index (χ0n) is 25.4. The minimum atomic E-state index is -0.729. The molecule has 8 nitrogen and oxygen atoms in total. The summed E-state index contributed by atoms with van der Waals surface area (Å²) in [7, 11) is 0. The minimum Gasteiger partial charge on any atom is -0.463 e. The molecule has 0 bridgehead atoms. The smallest absolute Gasteiger partial charge is 0.338 e. The van der Waals surface area contributed by atoms with Gasteiger partial charge < -0.3 is 18.8 Å². The Kier molecular flexibility index (Phi) is 7.25. The molecule has 0 N–H and O–H groups in total. The van der Waals surface area contributed by atoms with Crippen molar-refractivity contribution in [1.29, 1.82) is 0 Å². The van der Waals surface area contributed by atoms with Gasteiger partial charge >= 0.3 is 5.97 Å². The molecular formula is C36H31N3O5S. The Hall–Kier alpha value is -5.15. The lowest BCUT2D eigenvalue weighted by molar-refractivity contribution is -0.139. The van der Waals surface area contributed by atoms with Crippen molar-refractivity contribution >= 4 is 23.4 Å².